The van der Waals surface area contributed by atoms with Gasteiger partial charge in [-0.05, 0) is 25.0 Å². The summed E-state index contributed by atoms with van der Waals surface area (Å²) in [6.07, 6.45) is 1.53. The number of ether oxygens (including phenoxy) is 1. The van der Waals surface area contributed by atoms with E-state index in [1.807, 2.05) is 0 Å². The van der Waals surface area contributed by atoms with E-state index < -0.39 is 0 Å². The van der Waals surface area contributed by atoms with Crippen LogP contribution < -0.4 is 5.32 Å². The van der Waals surface area contributed by atoms with Gasteiger partial charge in [-0.2, -0.15) is 0 Å². The van der Waals surface area contributed by atoms with Crippen molar-refractivity contribution in [3.8, 4) is 0 Å². The molecule has 0 aliphatic heterocycles. The quantitative estimate of drug-likeness (QED) is 0.777. The van der Waals surface area contributed by atoms with E-state index in [-0.39, 0.29) is 5.97 Å². The maximum atomic E-state index is 11.3. The number of carbonyl (C=O) groups is 1. The van der Waals surface area contributed by atoms with Gasteiger partial charge in [0.2, 0.25) is 0 Å². The minimum Gasteiger partial charge on any atom is -0.462 e. The van der Waals surface area contributed by atoms with Gasteiger partial charge in [-0.25, -0.2) is 9.78 Å². The first-order valence-corrected chi connectivity index (χ1v) is 5.50. The molecule has 0 aliphatic carbocycles. The molecule has 0 atom stereocenters. The number of carbonyl (C=O) groups excluding carboxylic acids is 1. The van der Waals surface area contributed by atoms with Gasteiger partial charge in [-0.1, -0.05) is 13.8 Å². The summed E-state index contributed by atoms with van der Waals surface area (Å²) in [4.78, 5) is 15.5. The molecule has 0 saturated heterocycles. The minimum absolute atomic E-state index is 0.328. The zero-order chi connectivity index (χ0) is 12.0. The molecule has 1 rings (SSSR count). The fourth-order valence-corrected chi connectivity index (χ4v) is 1.14. The van der Waals surface area contributed by atoms with E-state index in [9.17, 15) is 4.79 Å². The molecule has 0 amide bonds. The van der Waals surface area contributed by atoms with Gasteiger partial charge in [-0.15, -0.1) is 0 Å². The van der Waals surface area contributed by atoms with Crippen LogP contribution in [-0.2, 0) is 4.74 Å². The lowest BCUT2D eigenvalue weighted by molar-refractivity contribution is 0.0526. The van der Waals surface area contributed by atoms with Crippen LogP contribution in [0.15, 0.2) is 18.3 Å². The number of rotatable bonds is 5. The fraction of sp³-hybridized carbons (Fsp3) is 0.500. The second-order valence-electron chi connectivity index (χ2n) is 3.93. The molecule has 4 heteroatoms. The van der Waals surface area contributed by atoms with Crippen molar-refractivity contribution in [1.29, 1.82) is 0 Å². The predicted molar refractivity (Wildman–Crippen MR) is 63.5 cm³/mol. The van der Waals surface area contributed by atoms with Crippen LogP contribution in [0.5, 0.6) is 0 Å². The van der Waals surface area contributed by atoms with Gasteiger partial charge in [0, 0.05) is 12.7 Å². The molecular weight excluding hydrogens is 204 g/mol. The van der Waals surface area contributed by atoms with Crippen LogP contribution >= 0.6 is 0 Å². The molecule has 0 aliphatic rings. The Morgan fingerprint density at radius 3 is 2.75 bits per heavy atom. The summed E-state index contributed by atoms with van der Waals surface area (Å²) in [5.41, 5.74) is 0.483. The van der Waals surface area contributed by atoms with Gasteiger partial charge in [0.15, 0.2) is 0 Å². The van der Waals surface area contributed by atoms with E-state index in [4.69, 9.17) is 4.74 Å². The number of nitrogens with zero attached hydrogens (tertiary/aromatic N) is 1. The zero-order valence-corrected chi connectivity index (χ0v) is 9.99. The Morgan fingerprint density at radius 2 is 2.25 bits per heavy atom. The van der Waals surface area contributed by atoms with E-state index in [2.05, 4.69) is 24.1 Å². The Balaban J connectivity index is 2.57. The van der Waals surface area contributed by atoms with Crippen LogP contribution in [0.2, 0.25) is 0 Å². The van der Waals surface area contributed by atoms with Crippen molar-refractivity contribution >= 4 is 11.8 Å². The van der Waals surface area contributed by atoms with Gasteiger partial charge in [0.25, 0.3) is 0 Å². The summed E-state index contributed by atoms with van der Waals surface area (Å²) in [5, 5.41) is 3.18. The van der Waals surface area contributed by atoms with Gasteiger partial charge in [0.05, 0.1) is 12.2 Å². The van der Waals surface area contributed by atoms with Crippen molar-refractivity contribution in [3.63, 3.8) is 0 Å². The highest BCUT2D eigenvalue weighted by atomic mass is 16.5. The SMILES string of the molecule is CCOC(=O)c1ccc(NCC(C)C)nc1. The third kappa shape index (κ3) is 3.88. The van der Waals surface area contributed by atoms with E-state index >= 15 is 0 Å². The van der Waals surface area contributed by atoms with Crippen LogP contribution in [0.4, 0.5) is 5.82 Å². The monoisotopic (exact) mass is 222 g/mol. The number of pyridine rings is 1. The summed E-state index contributed by atoms with van der Waals surface area (Å²) < 4.78 is 4.87. The second-order valence-corrected chi connectivity index (χ2v) is 3.93. The molecule has 0 spiro atoms. The summed E-state index contributed by atoms with van der Waals surface area (Å²) in [6, 6.07) is 3.50. The first-order chi connectivity index (χ1) is 7.63. The molecule has 1 aromatic rings. The Labute approximate surface area is 96.0 Å². The lowest BCUT2D eigenvalue weighted by Gasteiger charge is -2.08. The van der Waals surface area contributed by atoms with Gasteiger partial charge in [-0.3, -0.25) is 0 Å². The van der Waals surface area contributed by atoms with Crippen molar-refractivity contribution in [2.24, 2.45) is 5.92 Å². The Kier molecular flexibility index (Phi) is 4.76. The van der Waals surface area contributed by atoms with E-state index in [1.54, 1.807) is 19.1 Å². The van der Waals surface area contributed by atoms with Crippen LogP contribution in [0.25, 0.3) is 0 Å². The molecule has 0 saturated carbocycles. The number of anilines is 1. The number of hydrogen-bond acceptors (Lipinski definition) is 4. The molecule has 0 fully saturated rings. The van der Waals surface area contributed by atoms with E-state index in [0.717, 1.165) is 12.4 Å². The number of esters is 1. The number of nitrogens with one attached hydrogen (secondary N) is 1. The summed E-state index contributed by atoms with van der Waals surface area (Å²) in [5.74, 6) is 1.01. The minimum atomic E-state index is -0.328. The lowest BCUT2D eigenvalue weighted by atomic mass is 10.2. The summed E-state index contributed by atoms with van der Waals surface area (Å²) >= 11 is 0. The first kappa shape index (κ1) is 12.5. The van der Waals surface area contributed by atoms with Crippen LogP contribution in [0.3, 0.4) is 0 Å². The average Bonchev–Trinajstić information content (AvgIpc) is 2.27. The molecule has 16 heavy (non-hydrogen) atoms. The van der Waals surface area contributed by atoms with Gasteiger partial charge >= 0.3 is 5.97 Å². The van der Waals surface area contributed by atoms with Crippen molar-refractivity contribution in [2.75, 3.05) is 18.5 Å². The van der Waals surface area contributed by atoms with Crippen molar-refractivity contribution in [3.05, 3.63) is 23.9 Å². The highest BCUT2D eigenvalue weighted by Gasteiger charge is 2.06. The Bertz CT molecular complexity index is 333. The lowest BCUT2D eigenvalue weighted by Crippen LogP contribution is -2.10. The highest BCUT2D eigenvalue weighted by Crippen LogP contribution is 2.07. The Hall–Kier alpha value is -1.58. The third-order valence-corrected chi connectivity index (χ3v) is 1.97. The standard InChI is InChI=1S/C12H18N2O2/c1-4-16-12(15)10-5-6-11(14-8-10)13-7-9(2)3/h5-6,8-9H,4,7H2,1-3H3,(H,13,14). The maximum Gasteiger partial charge on any atom is 0.339 e. The van der Waals surface area contributed by atoms with E-state index in [0.29, 0.717) is 18.1 Å². The van der Waals surface area contributed by atoms with Gasteiger partial charge in [0.1, 0.15) is 5.82 Å². The molecule has 4 nitrogen and oxygen atoms in total. The topological polar surface area (TPSA) is 51.2 Å². The molecule has 1 N–H and O–H groups in total. The van der Waals surface area contributed by atoms with E-state index in [1.165, 1.54) is 6.20 Å². The Morgan fingerprint density at radius 1 is 1.50 bits per heavy atom. The molecule has 1 heterocycles. The normalized spacial score (nSPS) is 10.2. The van der Waals surface area contributed by atoms with Crippen molar-refractivity contribution in [2.45, 2.75) is 20.8 Å². The second kappa shape index (κ2) is 6.10. The molecular formula is C12H18N2O2. The van der Waals surface area contributed by atoms with Crippen LogP contribution in [0, 0.1) is 5.92 Å². The smallest absolute Gasteiger partial charge is 0.339 e. The number of hydrogen-bond donors (Lipinski definition) is 1. The molecule has 0 bridgehead atoms. The largest absolute Gasteiger partial charge is 0.462 e. The maximum absolute atomic E-state index is 11.3. The fourth-order valence-electron chi connectivity index (χ4n) is 1.14. The molecule has 0 radical (unpaired) electrons. The first-order valence-electron chi connectivity index (χ1n) is 5.50. The van der Waals surface area contributed by atoms with Gasteiger partial charge < -0.3 is 10.1 Å². The average molecular weight is 222 g/mol. The third-order valence-electron chi connectivity index (χ3n) is 1.97. The van der Waals surface area contributed by atoms with Crippen LogP contribution in [-0.4, -0.2) is 24.1 Å². The predicted octanol–water partition coefficient (Wildman–Crippen LogP) is 2.33. The highest BCUT2D eigenvalue weighted by molar-refractivity contribution is 5.89. The van der Waals surface area contributed by atoms with Crippen LogP contribution in [0.1, 0.15) is 31.1 Å². The summed E-state index contributed by atoms with van der Waals surface area (Å²) in [7, 11) is 0. The molecule has 88 valence electrons. The molecule has 1 aromatic heterocycles. The molecule has 0 unspecified atom stereocenters. The molecule has 0 aromatic carbocycles. The zero-order valence-electron chi connectivity index (χ0n) is 9.99. The summed E-state index contributed by atoms with van der Waals surface area (Å²) in [6.45, 7) is 7.28. The number of aromatic nitrogens is 1. The van der Waals surface area contributed by atoms with Crippen molar-refractivity contribution in [1.82, 2.24) is 4.98 Å². The van der Waals surface area contributed by atoms with Crippen molar-refractivity contribution < 1.29 is 9.53 Å².